The van der Waals surface area contributed by atoms with Gasteiger partial charge in [-0.2, -0.15) is 0 Å². The van der Waals surface area contributed by atoms with E-state index in [1.54, 1.807) is 17.4 Å². The topological polar surface area (TPSA) is 67.2 Å². The molecule has 0 radical (unpaired) electrons. The van der Waals surface area contributed by atoms with Gasteiger partial charge in [-0.3, -0.25) is 9.59 Å². The van der Waals surface area contributed by atoms with E-state index in [4.69, 9.17) is 0 Å². The first-order valence-electron chi connectivity index (χ1n) is 6.23. The number of carbonyl (C=O) groups excluding carboxylic acids is 2. The van der Waals surface area contributed by atoms with Crippen molar-refractivity contribution in [3.8, 4) is 0 Å². The number of nitrogens with zero attached hydrogens (tertiary/aromatic N) is 3. The third-order valence-electron chi connectivity index (χ3n) is 3.78. The maximum Gasteiger partial charge on any atom is 0.246 e. The molecular formula is C12H16N4O2. The van der Waals surface area contributed by atoms with E-state index < -0.39 is 6.04 Å². The molecule has 0 bridgehead atoms. The minimum atomic E-state index is -0.442. The predicted molar refractivity (Wildman–Crippen MR) is 63.6 cm³/mol. The van der Waals surface area contributed by atoms with Crippen molar-refractivity contribution in [1.29, 1.82) is 0 Å². The molecule has 2 aliphatic heterocycles. The molecule has 2 fully saturated rings. The standard InChI is InChI=1S/C12H16N4O2/c1-15-7-13-6-8(15)5-9-12(18)16-4-2-3-10(16)11(17)14-9/h6-7,9-10H,2-5H2,1H3,(H,14,17). The van der Waals surface area contributed by atoms with E-state index in [0.29, 0.717) is 13.0 Å². The molecule has 0 aromatic carbocycles. The summed E-state index contributed by atoms with van der Waals surface area (Å²) in [6.07, 6.45) is 5.64. The Kier molecular flexibility index (Phi) is 2.57. The SMILES string of the molecule is Cn1cncc1CC1NC(=O)C2CCCN2C1=O. The summed E-state index contributed by atoms with van der Waals surface area (Å²) >= 11 is 0. The largest absolute Gasteiger partial charge is 0.342 e. The number of rotatable bonds is 2. The molecule has 96 valence electrons. The van der Waals surface area contributed by atoms with Crippen molar-refractivity contribution in [2.24, 2.45) is 7.05 Å². The fourth-order valence-electron chi connectivity index (χ4n) is 2.76. The minimum Gasteiger partial charge on any atom is -0.342 e. The number of hydrogen-bond acceptors (Lipinski definition) is 3. The van der Waals surface area contributed by atoms with Gasteiger partial charge >= 0.3 is 0 Å². The molecule has 6 heteroatoms. The zero-order chi connectivity index (χ0) is 12.7. The zero-order valence-electron chi connectivity index (χ0n) is 10.3. The monoisotopic (exact) mass is 248 g/mol. The lowest BCUT2D eigenvalue weighted by Gasteiger charge is -2.34. The van der Waals surface area contributed by atoms with Gasteiger partial charge in [0.15, 0.2) is 0 Å². The third-order valence-corrected chi connectivity index (χ3v) is 3.78. The molecule has 2 aliphatic rings. The number of imidazole rings is 1. The van der Waals surface area contributed by atoms with Crippen LogP contribution in [0.4, 0.5) is 0 Å². The summed E-state index contributed by atoms with van der Waals surface area (Å²) in [6, 6.07) is -0.678. The first kappa shape index (κ1) is 11.3. The molecule has 1 aromatic rings. The predicted octanol–water partition coefficient (Wildman–Crippen LogP) is -0.548. The normalized spacial score (nSPS) is 27.3. The van der Waals surface area contributed by atoms with Crippen molar-refractivity contribution in [3.63, 3.8) is 0 Å². The molecule has 1 N–H and O–H groups in total. The van der Waals surface area contributed by atoms with Crippen LogP contribution in [-0.2, 0) is 23.1 Å². The summed E-state index contributed by atoms with van der Waals surface area (Å²) in [5.41, 5.74) is 0.950. The number of amides is 2. The van der Waals surface area contributed by atoms with Crippen LogP contribution in [0.25, 0.3) is 0 Å². The molecule has 2 unspecified atom stereocenters. The van der Waals surface area contributed by atoms with E-state index in [-0.39, 0.29) is 17.9 Å². The Morgan fingerprint density at radius 2 is 2.33 bits per heavy atom. The summed E-state index contributed by atoms with van der Waals surface area (Å²) in [5.74, 6) is 0.0255. The minimum absolute atomic E-state index is 0.0146. The van der Waals surface area contributed by atoms with Gasteiger partial charge in [0.25, 0.3) is 0 Å². The second kappa shape index (κ2) is 4.12. The summed E-state index contributed by atoms with van der Waals surface area (Å²) in [5, 5.41) is 2.83. The first-order valence-corrected chi connectivity index (χ1v) is 6.23. The van der Waals surface area contributed by atoms with Crippen LogP contribution in [0.2, 0.25) is 0 Å². The molecular weight excluding hydrogens is 232 g/mol. The van der Waals surface area contributed by atoms with Gasteiger partial charge in [-0.05, 0) is 12.8 Å². The van der Waals surface area contributed by atoms with E-state index in [1.165, 1.54) is 0 Å². The molecule has 3 heterocycles. The zero-order valence-corrected chi connectivity index (χ0v) is 10.3. The summed E-state index contributed by atoms with van der Waals surface area (Å²) in [7, 11) is 1.89. The molecule has 2 atom stereocenters. The maximum absolute atomic E-state index is 12.3. The van der Waals surface area contributed by atoms with E-state index in [1.807, 2.05) is 11.6 Å². The van der Waals surface area contributed by atoms with Crippen molar-refractivity contribution in [2.45, 2.75) is 31.3 Å². The molecule has 3 rings (SSSR count). The van der Waals surface area contributed by atoms with E-state index in [0.717, 1.165) is 18.5 Å². The fraction of sp³-hybridized carbons (Fsp3) is 0.583. The first-order chi connectivity index (χ1) is 8.66. The van der Waals surface area contributed by atoms with Gasteiger partial charge in [0.1, 0.15) is 12.1 Å². The Balaban J connectivity index is 1.79. The van der Waals surface area contributed by atoms with Crippen LogP contribution in [0.15, 0.2) is 12.5 Å². The lowest BCUT2D eigenvalue weighted by molar-refractivity contribution is -0.147. The van der Waals surface area contributed by atoms with Crippen molar-refractivity contribution >= 4 is 11.8 Å². The molecule has 2 saturated heterocycles. The van der Waals surface area contributed by atoms with E-state index >= 15 is 0 Å². The number of aryl methyl sites for hydroxylation is 1. The van der Waals surface area contributed by atoms with Crippen molar-refractivity contribution < 1.29 is 9.59 Å². The number of nitrogens with one attached hydrogen (secondary N) is 1. The van der Waals surface area contributed by atoms with Crippen LogP contribution in [0.3, 0.4) is 0 Å². The molecule has 6 nitrogen and oxygen atoms in total. The number of carbonyl (C=O) groups is 2. The van der Waals surface area contributed by atoms with Crippen LogP contribution in [-0.4, -0.2) is 44.9 Å². The average Bonchev–Trinajstić information content (AvgIpc) is 2.96. The fourth-order valence-corrected chi connectivity index (χ4v) is 2.76. The van der Waals surface area contributed by atoms with Gasteiger partial charge in [-0.1, -0.05) is 0 Å². The third kappa shape index (κ3) is 1.68. The van der Waals surface area contributed by atoms with Gasteiger partial charge < -0.3 is 14.8 Å². The molecule has 18 heavy (non-hydrogen) atoms. The summed E-state index contributed by atoms with van der Waals surface area (Å²) in [4.78, 5) is 29.9. The highest BCUT2D eigenvalue weighted by Crippen LogP contribution is 2.22. The Labute approximate surface area is 105 Å². The highest BCUT2D eigenvalue weighted by Gasteiger charge is 2.42. The van der Waals surface area contributed by atoms with E-state index in [2.05, 4.69) is 10.3 Å². The van der Waals surface area contributed by atoms with Gasteiger partial charge in [-0.25, -0.2) is 4.98 Å². The van der Waals surface area contributed by atoms with Crippen LogP contribution in [0, 0.1) is 0 Å². The maximum atomic E-state index is 12.3. The number of aromatic nitrogens is 2. The Morgan fingerprint density at radius 3 is 3.06 bits per heavy atom. The number of hydrogen-bond donors (Lipinski definition) is 1. The second-order valence-corrected chi connectivity index (χ2v) is 4.95. The van der Waals surface area contributed by atoms with Crippen LogP contribution >= 0.6 is 0 Å². The molecule has 2 amide bonds. The molecule has 1 aromatic heterocycles. The van der Waals surface area contributed by atoms with Crippen molar-refractivity contribution in [3.05, 3.63) is 18.2 Å². The number of piperazine rings is 1. The van der Waals surface area contributed by atoms with Crippen molar-refractivity contribution in [1.82, 2.24) is 19.8 Å². The molecule has 0 spiro atoms. The van der Waals surface area contributed by atoms with Gasteiger partial charge in [-0.15, -0.1) is 0 Å². The lowest BCUT2D eigenvalue weighted by atomic mass is 10.0. The van der Waals surface area contributed by atoms with Crippen LogP contribution in [0.1, 0.15) is 18.5 Å². The van der Waals surface area contributed by atoms with Crippen LogP contribution < -0.4 is 5.32 Å². The Hall–Kier alpha value is -1.85. The summed E-state index contributed by atoms with van der Waals surface area (Å²) < 4.78 is 1.87. The lowest BCUT2D eigenvalue weighted by Crippen LogP contribution is -2.61. The van der Waals surface area contributed by atoms with Gasteiger partial charge in [0, 0.05) is 31.9 Å². The van der Waals surface area contributed by atoms with Gasteiger partial charge in [0.2, 0.25) is 11.8 Å². The summed E-state index contributed by atoms with van der Waals surface area (Å²) in [6.45, 7) is 0.707. The van der Waals surface area contributed by atoms with Gasteiger partial charge in [0.05, 0.1) is 6.33 Å². The van der Waals surface area contributed by atoms with E-state index in [9.17, 15) is 9.59 Å². The quantitative estimate of drug-likeness (QED) is 0.763. The molecule has 0 aliphatic carbocycles. The average molecular weight is 248 g/mol. The second-order valence-electron chi connectivity index (χ2n) is 4.95. The van der Waals surface area contributed by atoms with Crippen molar-refractivity contribution in [2.75, 3.05) is 6.54 Å². The Morgan fingerprint density at radius 1 is 1.50 bits per heavy atom. The highest BCUT2D eigenvalue weighted by molar-refractivity contribution is 5.97. The highest BCUT2D eigenvalue weighted by atomic mass is 16.2. The molecule has 0 saturated carbocycles. The number of fused-ring (bicyclic) bond motifs is 1. The van der Waals surface area contributed by atoms with Crippen LogP contribution in [0.5, 0.6) is 0 Å². The Bertz CT molecular complexity index is 496. The smallest absolute Gasteiger partial charge is 0.246 e.